The SMILES string of the molecule is CSC(C)(C)CNCc1ccccc1F. The van der Waals surface area contributed by atoms with E-state index in [1.165, 1.54) is 6.07 Å². The summed E-state index contributed by atoms with van der Waals surface area (Å²) >= 11 is 1.81. The lowest BCUT2D eigenvalue weighted by molar-refractivity contribution is 0.559. The maximum Gasteiger partial charge on any atom is 0.127 e. The van der Waals surface area contributed by atoms with Gasteiger partial charge in [0, 0.05) is 23.4 Å². The van der Waals surface area contributed by atoms with Crippen LogP contribution in [0.2, 0.25) is 0 Å². The topological polar surface area (TPSA) is 12.0 Å². The Morgan fingerprint density at radius 3 is 2.60 bits per heavy atom. The zero-order chi connectivity index (χ0) is 11.3. The highest BCUT2D eigenvalue weighted by Gasteiger charge is 2.14. The first-order valence-electron chi connectivity index (χ1n) is 5.04. The molecular weight excluding hydrogens is 209 g/mol. The van der Waals surface area contributed by atoms with Gasteiger partial charge in [0.1, 0.15) is 5.82 Å². The molecule has 0 aliphatic rings. The van der Waals surface area contributed by atoms with Crippen LogP contribution in [0, 0.1) is 5.82 Å². The third-order valence-electron chi connectivity index (χ3n) is 2.38. The van der Waals surface area contributed by atoms with E-state index in [2.05, 4.69) is 25.4 Å². The molecule has 0 spiro atoms. The fourth-order valence-electron chi connectivity index (χ4n) is 1.21. The van der Waals surface area contributed by atoms with Gasteiger partial charge in [-0.2, -0.15) is 11.8 Å². The van der Waals surface area contributed by atoms with Crippen molar-refractivity contribution in [3.63, 3.8) is 0 Å². The van der Waals surface area contributed by atoms with Crippen LogP contribution in [-0.4, -0.2) is 17.5 Å². The quantitative estimate of drug-likeness (QED) is 0.829. The predicted molar refractivity (Wildman–Crippen MR) is 65.7 cm³/mol. The van der Waals surface area contributed by atoms with Crippen LogP contribution in [0.3, 0.4) is 0 Å². The number of nitrogens with one attached hydrogen (secondary N) is 1. The Labute approximate surface area is 95.5 Å². The molecule has 1 N–H and O–H groups in total. The Hall–Kier alpha value is -0.540. The Morgan fingerprint density at radius 2 is 2.00 bits per heavy atom. The monoisotopic (exact) mass is 227 g/mol. The molecular formula is C12H18FNS. The van der Waals surface area contributed by atoms with Crippen molar-refractivity contribution in [3.8, 4) is 0 Å². The molecule has 0 aliphatic carbocycles. The first-order valence-corrected chi connectivity index (χ1v) is 6.27. The van der Waals surface area contributed by atoms with E-state index in [0.29, 0.717) is 6.54 Å². The molecule has 0 bridgehead atoms. The summed E-state index contributed by atoms with van der Waals surface area (Å²) in [6, 6.07) is 6.88. The number of rotatable bonds is 5. The Kier molecular flexibility index (Phi) is 4.61. The Morgan fingerprint density at radius 1 is 1.33 bits per heavy atom. The molecule has 1 aromatic rings. The second-order valence-corrected chi connectivity index (χ2v) is 5.67. The minimum atomic E-state index is -0.132. The van der Waals surface area contributed by atoms with E-state index in [9.17, 15) is 4.39 Å². The van der Waals surface area contributed by atoms with Crippen molar-refractivity contribution in [1.82, 2.24) is 5.32 Å². The van der Waals surface area contributed by atoms with E-state index in [1.54, 1.807) is 6.07 Å². The predicted octanol–water partition coefficient (Wildman–Crippen LogP) is 3.06. The number of benzene rings is 1. The largest absolute Gasteiger partial charge is 0.311 e. The van der Waals surface area contributed by atoms with Crippen LogP contribution in [0.5, 0.6) is 0 Å². The smallest absolute Gasteiger partial charge is 0.127 e. The van der Waals surface area contributed by atoms with Crippen molar-refractivity contribution < 1.29 is 4.39 Å². The minimum absolute atomic E-state index is 0.132. The molecule has 0 radical (unpaired) electrons. The van der Waals surface area contributed by atoms with Gasteiger partial charge in [0.2, 0.25) is 0 Å². The number of thioether (sulfide) groups is 1. The fourth-order valence-corrected chi connectivity index (χ4v) is 1.46. The van der Waals surface area contributed by atoms with Gasteiger partial charge in [0.15, 0.2) is 0 Å². The summed E-state index contributed by atoms with van der Waals surface area (Å²) in [6.45, 7) is 5.82. The van der Waals surface area contributed by atoms with Crippen LogP contribution < -0.4 is 5.32 Å². The fraction of sp³-hybridized carbons (Fsp3) is 0.500. The zero-order valence-electron chi connectivity index (χ0n) is 9.51. The molecule has 0 unspecified atom stereocenters. The van der Waals surface area contributed by atoms with Crippen molar-refractivity contribution in [1.29, 1.82) is 0 Å². The maximum absolute atomic E-state index is 13.2. The van der Waals surface area contributed by atoms with Gasteiger partial charge in [-0.15, -0.1) is 0 Å². The first-order chi connectivity index (χ1) is 7.05. The van der Waals surface area contributed by atoms with Gasteiger partial charge in [0.25, 0.3) is 0 Å². The summed E-state index contributed by atoms with van der Waals surface area (Å²) in [5.41, 5.74) is 0.731. The van der Waals surface area contributed by atoms with Crippen molar-refractivity contribution in [3.05, 3.63) is 35.6 Å². The van der Waals surface area contributed by atoms with Crippen molar-refractivity contribution in [2.75, 3.05) is 12.8 Å². The van der Waals surface area contributed by atoms with Crippen molar-refractivity contribution in [2.45, 2.75) is 25.1 Å². The number of halogens is 1. The third-order valence-corrected chi connectivity index (χ3v) is 3.63. The van der Waals surface area contributed by atoms with Crippen LogP contribution >= 0.6 is 11.8 Å². The van der Waals surface area contributed by atoms with Crippen LogP contribution in [-0.2, 0) is 6.54 Å². The molecule has 0 aromatic heterocycles. The highest BCUT2D eigenvalue weighted by Crippen LogP contribution is 2.19. The number of hydrogen-bond donors (Lipinski definition) is 1. The van der Waals surface area contributed by atoms with Gasteiger partial charge >= 0.3 is 0 Å². The molecule has 1 rings (SSSR count). The van der Waals surface area contributed by atoms with Gasteiger partial charge in [-0.1, -0.05) is 18.2 Å². The lowest BCUT2D eigenvalue weighted by atomic mass is 10.2. The van der Waals surface area contributed by atoms with E-state index in [0.717, 1.165) is 12.1 Å². The summed E-state index contributed by atoms with van der Waals surface area (Å²) in [4.78, 5) is 0. The average Bonchev–Trinajstić information content (AvgIpc) is 2.21. The minimum Gasteiger partial charge on any atom is -0.311 e. The second kappa shape index (κ2) is 5.52. The highest BCUT2D eigenvalue weighted by molar-refractivity contribution is 7.99. The van der Waals surface area contributed by atoms with Gasteiger partial charge in [0.05, 0.1) is 0 Å². The van der Waals surface area contributed by atoms with E-state index >= 15 is 0 Å². The van der Waals surface area contributed by atoms with E-state index in [1.807, 2.05) is 23.9 Å². The number of hydrogen-bond acceptors (Lipinski definition) is 2. The molecule has 84 valence electrons. The normalized spacial score (nSPS) is 11.7. The van der Waals surface area contributed by atoms with Crippen molar-refractivity contribution in [2.24, 2.45) is 0 Å². The van der Waals surface area contributed by atoms with Crippen LogP contribution in [0.25, 0.3) is 0 Å². The Bertz CT molecular complexity index is 312. The van der Waals surface area contributed by atoms with Gasteiger partial charge in [-0.3, -0.25) is 0 Å². The van der Waals surface area contributed by atoms with Crippen LogP contribution in [0.4, 0.5) is 4.39 Å². The van der Waals surface area contributed by atoms with Gasteiger partial charge < -0.3 is 5.32 Å². The lowest BCUT2D eigenvalue weighted by Crippen LogP contribution is -2.31. The molecule has 0 atom stereocenters. The van der Waals surface area contributed by atoms with Crippen LogP contribution in [0.15, 0.2) is 24.3 Å². The molecule has 0 heterocycles. The van der Waals surface area contributed by atoms with Gasteiger partial charge in [-0.05, 0) is 26.2 Å². The van der Waals surface area contributed by atoms with Gasteiger partial charge in [-0.25, -0.2) is 4.39 Å². The van der Waals surface area contributed by atoms with Crippen LogP contribution in [0.1, 0.15) is 19.4 Å². The molecule has 3 heteroatoms. The molecule has 1 aromatic carbocycles. The van der Waals surface area contributed by atoms with Crippen molar-refractivity contribution >= 4 is 11.8 Å². The molecule has 0 amide bonds. The molecule has 0 aliphatic heterocycles. The first kappa shape index (κ1) is 12.5. The average molecular weight is 227 g/mol. The molecule has 0 saturated carbocycles. The molecule has 15 heavy (non-hydrogen) atoms. The summed E-state index contributed by atoms with van der Waals surface area (Å²) in [7, 11) is 0. The van der Waals surface area contributed by atoms with E-state index in [4.69, 9.17) is 0 Å². The van der Waals surface area contributed by atoms with E-state index in [-0.39, 0.29) is 10.6 Å². The highest BCUT2D eigenvalue weighted by atomic mass is 32.2. The summed E-state index contributed by atoms with van der Waals surface area (Å²) < 4.78 is 13.4. The maximum atomic E-state index is 13.2. The van der Waals surface area contributed by atoms with E-state index < -0.39 is 0 Å². The summed E-state index contributed by atoms with van der Waals surface area (Å²) in [5.74, 6) is -0.132. The summed E-state index contributed by atoms with van der Waals surface area (Å²) in [6.07, 6.45) is 2.09. The molecule has 1 nitrogen and oxygen atoms in total. The standard InChI is InChI=1S/C12H18FNS/c1-12(2,15-3)9-14-8-10-6-4-5-7-11(10)13/h4-7,14H,8-9H2,1-3H3. The molecule has 0 saturated heterocycles. The second-order valence-electron chi connectivity index (χ2n) is 4.16. The molecule has 0 fully saturated rings. The summed E-state index contributed by atoms with van der Waals surface area (Å²) in [5, 5.41) is 3.27. The Balaban J connectivity index is 2.42. The zero-order valence-corrected chi connectivity index (χ0v) is 10.3. The third kappa shape index (κ3) is 4.22. The lowest BCUT2D eigenvalue weighted by Gasteiger charge is -2.22.